The van der Waals surface area contributed by atoms with Gasteiger partial charge in [0.15, 0.2) is 0 Å². The Bertz CT molecular complexity index is 33.2. The number of aliphatic hydroxyl groups is 1. The molecule has 0 atom stereocenters. The van der Waals surface area contributed by atoms with Crippen LogP contribution in [0.4, 0.5) is 0 Å². The van der Waals surface area contributed by atoms with Crippen molar-refractivity contribution in [1.82, 2.24) is 0 Å². The van der Waals surface area contributed by atoms with E-state index in [2.05, 4.69) is 13.8 Å². The highest BCUT2D eigenvalue weighted by atomic mass is 16.2. The van der Waals surface area contributed by atoms with Crippen LogP contribution in [0.15, 0.2) is 0 Å². The van der Waals surface area contributed by atoms with Gasteiger partial charge in [0.2, 0.25) is 0 Å². The van der Waals surface area contributed by atoms with E-state index in [0.717, 1.165) is 12.8 Å². The fourth-order valence-corrected chi connectivity index (χ4v) is 0.408. The van der Waals surface area contributed by atoms with E-state index in [0.29, 0.717) is 5.92 Å². The van der Waals surface area contributed by atoms with Crippen LogP contribution in [0.25, 0.3) is 0 Å². The summed E-state index contributed by atoms with van der Waals surface area (Å²) in [7, 11) is 0. The van der Waals surface area contributed by atoms with E-state index < -0.39 is 0 Å². The van der Waals surface area contributed by atoms with Gasteiger partial charge in [0.05, 0.1) is 6.61 Å². The Morgan fingerprint density at radius 1 is 1.57 bits per heavy atom. The predicted octanol–water partition coefficient (Wildman–Crippen LogP) is 1.96. The van der Waals surface area contributed by atoms with Crippen LogP contribution < -0.4 is 0 Å². The molecule has 0 saturated heterocycles. The molecule has 0 amide bonds. The van der Waals surface area contributed by atoms with Gasteiger partial charge in [-0.15, -0.1) is 0 Å². The first-order valence-corrected chi connectivity index (χ1v) is 2.73. The maximum Gasteiger partial charge on any atom is 0.0799 e. The normalized spacial score (nSPS) is 10.3. The smallest absolute Gasteiger partial charge is 0.0799 e. The Morgan fingerprint density at radius 3 is 2.29 bits per heavy atom. The van der Waals surface area contributed by atoms with Gasteiger partial charge in [-0.2, -0.15) is 0 Å². The Hall–Kier alpha value is -0.0400. The number of hydrogen-bond donors (Lipinski definition) is 1. The fraction of sp³-hybridized carbons (Fsp3) is 0.833. The maximum atomic E-state index is 8.19. The summed E-state index contributed by atoms with van der Waals surface area (Å²) in [5.74, 6) is 0.711. The average Bonchev–Trinajstić information content (AvgIpc) is 1.61. The SMILES string of the molecule is CC(C)CC[CH]O. The summed E-state index contributed by atoms with van der Waals surface area (Å²) in [4.78, 5) is 0. The summed E-state index contributed by atoms with van der Waals surface area (Å²) in [5.41, 5.74) is 0. The van der Waals surface area contributed by atoms with Gasteiger partial charge < -0.3 is 5.11 Å². The average molecular weight is 101 g/mol. The van der Waals surface area contributed by atoms with Gasteiger partial charge in [0, 0.05) is 0 Å². The minimum atomic E-state index is 0.711. The van der Waals surface area contributed by atoms with Crippen molar-refractivity contribution in [3.63, 3.8) is 0 Å². The lowest BCUT2D eigenvalue weighted by Crippen LogP contribution is -1.85. The molecule has 0 aliphatic rings. The van der Waals surface area contributed by atoms with Gasteiger partial charge in [-0.1, -0.05) is 13.8 Å². The van der Waals surface area contributed by atoms with Gasteiger partial charge in [0.25, 0.3) is 0 Å². The lowest BCUT2D eigenvalue weighted by molar-refractivity contribution is 0.359. The zero-order valence-corrected chi connectivity index (χ0v) is 5.02. The Kier molecular flexibility index (Phi) is 4.10. The van der Waals surface area contributed by atoms with Crippen LogP contribution in [0.5, 0.6) is 0 Å². The van der Waals surface area contributed by atoms with E-state index in [1.54, 1.807) is 0 Å². The molecule has 0 heterocycles. The molecule has 0 aromatic rings. The Balaban J connectivity index is 2.68. The summed E-state index contributed by atoms with van der Waals surface area (Å²) in [6.07, 6.45) is 1.92. The van der Waals surface area contributed by atoms with Gasteiger partial charge in [-0.25, -0.2) is 0 Å². The molecule has 0 aromatic heterocycles. The molecule has 1 heteroatoms. The van der Waals surface area contributed by atoms with Gasteiger partial charge in [-0.05, 0) is 18.8 Å². The molecule has 0 saturated carbocycles. The van der Waals surface area contributed by atoms with Crippen molar-refractivity contribution in [2.24, 2.45) is 5.92 Å². The van der Waals surface area contributed by atoms with Crippen molar-refractivity contribution in [1.29, 1.82) is 0 Å². The van der Waals surface area contributed by atoms with Crippen molar-refractivity contribution in [3.05, 3.63) is 6.61 Å². The van der Waals surface area contributed by atoms with Gasteiger partial charge in [0.1, 0.15) is 0 Å². The fourth-order valence-electron chi connectivity index (χ4n) is 0.408. The monoisotopic (exact) mass is 101 g/mol. The van der Waals surface area contributed by atoms with Crippen molar-refractivity contribution in [2.75, 3.05) is 0 Å². The molecule has 0 rings (SSSR count). The summed E-state index contributed by atoms with van der Waals surface area (Å²) >= 11 is 0. The minimum Gasteiger partial charge on any atom is -0.390 e. The molecule has 43 valence electrons. The maximum absolute atomic E-state index is 8.19. The van der Waals surface area contributed by atoms with Crippen molar-refractivity contribution in [2.45, 2.75) is 26.7 Å². The van der Waals surface area contributed by atoms with E-state index in [-0.39, 0.29) is 0 Å². The molecular formula is C6H13O. The van der Waals surface area contributed by atoms with Crippen LogP contribution in [-0.4, -0.2) is 5.11 Å². The molecule has 0 unspecified atom stereocenters. The summed E-state index contributed by atoms with van der Waals surface area (Å²) < 4.78 is 0. The molecule has 0 aliphatic heterocycles. The number of rotatable bonds is 3. The van der Waals surface area contributed by atoms with Crippen LogP contribution in [0.3, 0.4) is 0 Å². The zero-order valence-electron chi connectivity index (χ0n) is 5.02. The van der Waals surface area contributed by atoms with Gasteiger partial charge >= 0.3 is 0 Å². The summed E-state index contributed by atoms with van der Waals surface area (Å²) in [6, 6.07) is 0. The van der Waals surface area contributed by atoms with Crippen LogP contribution in [0, 0.1) is 12.5 Å². The highest BCUT2D eigenvalue weighted by Crippen LogP contribution is 2.02. The van der Waals surface area contributed by atoms with Crippen molar-refractivity contribution >= 4 is 0 Å². The number of aliphatic hydroxyl groups excluding tert-OH is 1. The van der Waals surface area contributed by atoms with E-state index >= 15 is 0 Å². The third-order valence-electron chi connectivity index (χ3n) is 0.873. The molecule has 1 radical (unpaired) electrons. The van der Waals surface area contributed by atoms with E-state index in [1.165, 1.54) is 6.61 Å². The largest absolute Gasteiger partial charge is 0.390 e. The zero-order chi connectivity index (χ0) is 5.70. The molecule has 0 aliphatic carbocycles. The number of hydrogen-bond acceptors (Lipinski definition) is 1. The summed E-state index contributed by atoms with van der Waals surface area (Å²) in [6.45, 7) is 5.51. The first-order chi connectivity index (χ1) is 3.27. The lowest BCUT2D eigenvalue weighted by atomic mass is 10.1. The van der Waals surface area contributed by atoms with Crippen molar-refractivity contribution < 1.29 is 5.11 Å². The Morgan fingerprint density at radius 2 is 2.14 bits per heavy atom. The highest BCUT2D eigenvalue weighted by Gasteiger charge is 1.89. The molecule has 0 spiro atoms. The molecule has 0 fully saturated rings. The highest BCUT2D eigenvalue weighted by molar-refractivity contribution is 4.49. The molecule has 1 nitrogen and oxygen atoms in total. The second-order valence-corrected chi connectivity index (χ2v) is 2.15. The van der Waals surface area contributed by atoms with E-state index in [4.69, 9.17) is 5.11 Å². The second kappa shape index (κ2) is 4.13. The van der Waals surface area contributed by atoms with Crippen molar-refractivity contribution in [3.8, 4) is 0 Å². The molecule has 1 N–H and O–H groups in total. The minimum absolute atomic E-state index is 0.711. The third-order valence-corrected chi connectivity index (χ3v) is 0.873. The standard InChI is InChI=1S/C6H13O/c1-6(2)4-3-5-7/h5-7H,3-4H2,1-2H3. The van der Waals surface area contributed by atoms with Crippen LogP contribution in [0.1, 0.15) is 26.7 Å². The third kappa shape index (κ3) is 5.96. The Labute approximate surface area is 45.4 Å². The molecular weight excluding hydrogens is 88.1 g/mol. The predicted molar refractivity (Wildman–Crippen MR) is 30.3 cm³/mol. The topological polar surface area (TPSA) is 20.2 Å². The van der Waals surface area contributed by atoms with Gasteiger partial charge in [-0.3, -0.25) is 0 Å². The van der Waals surface area contributed by atoms with Crippen LogP contribution >= 0.6 is 0 Å². The van der Waals surface area contributed by atoms with Crippen LogP contribution in [0.2, 0.25) is 0 Å². The van der Waals surface area contributed by atoms with Crippen LogP contribution in [-0.2, 0) is 0 Å². The first kappa shape index (κ1) is 6.96. The molecule has 7 heavy (non-hydrogen) atoms. The van der Waals surface area contributed by atoms with E-state index in [9.17, 15) is 0 Å². The first-order valence-electron chi connectivity index (χ1n) is 2.73. The second-order valence-electron chi connectivity index (χ2n) is 2.15. The quantitative estimate of drug-likeness (QED) is 0.576. The molecule has 0 bridgehead atoms. The summed E-state index contributed by atoms with van der Waals surface area (Å²) in [5, 5.41) is 8.19. The lowest BCUT2D eigenvalue weighted by Gasteiger charge is -1.98. The molecule has 0 aromatic carbocycles. The van der Waals surface area contributed by atoms with E-state index in [1.807, 2.05) is 0 Å².